The molecule has 0 bridgehead atoms. The zero-order valence-corrected chi connectivity index (χ0v) is 38.8. The summed E-state index contributed by atoms with van der Waals surface area (Å²) in [5, 5.41) is 0. The van der Waals surface area contributed by atoms with Gasteiger partial charge in [0.15, 0.2) is 11.8 Å². The van der Waals surface area contributed by atoms with Crippen molar-refractivity contribution in [3.8, 4) is 22.6 Å². The normalized spacial score (nSPS) is 12.6. The Balaban J connectivity index is 1.83. The number of ether oxygens (including phenoxy) is 8. The number of carbonyl (C=O) groups is 6. The molecule has 3 rings (SSSR count). The first-order valence-electron chi connectivity index (χ1n) is 21.7. The summed E-state index contributed by atoms with van der Waals surface area (Å²) in [5.41, 5.74) is 3.49. The Morgan fingerprint density at radius 2 is 1.08 bits per heavy atom. The van der Waals surface area contributed by atoms with Crippen LogP contribution in [0, 0.1) is 17.3 Å². The Labute approximate surface area is 382 Å². The predicted molar refractivity (Wildman–Crippen MR) is 243 cm³/mol. The van der Waals surface area contributed by atoms with Crippen molar-refractivity contribution in [2.75, 3.05) is 47.3 Å². The van der Waals surface area contributed by atoms with E-state index in [9.17, 15) is 28.8 Å². The lowest BCUT2D eigenvalue weighted by Gasteiger charge is -2.32. The third-order valence-corrected chi connectivity index (χ3v) is 10.4. The number of benzene rings is 3. The highest BCUT2D eigenvalue weighted by Gasteiger charge is 2.39. The maximum absolute atomic E-state index is 12.9. The first kappa shape index (κ1) is 52.9. The van der Waals surface area contributed by atoms with Crippen LogP contribution in [0.25, 0.3) is 11.1 Å². The summed E-state index contributed by atoms with van der Waals surface area (Å²) in [6, 6.07) is 21.3. The van der Waals surface area contributed by atoms with E-state index in [1.165, 1.54) is 52.0 Å². The van der Waals surface area contributed by atoms with E-state index in [2.05, 4.69) is 41.7 Å². The molecule has 65 heavy (non-hydrogen) atoms. The van der Waals surface area contributed by atoms with Gasteiger partial charge in [-0.3, -0.25) is 19.2 Å². The largest absolute Gasteiger partial charge is 0.494 e. The third kappa shape index (κ3) is 17.6. The molecule has 2 unspecified atom stereocenters. The first-order chi connectivity index (χ1) is 31.0. The quantitative estimate of drug-likeness (QED) is 0.0224. The lowest BCUT2D eigenvalue weighted by atomic mass is 9.91. The maximum Gasteiger partial charge on any atom is 0.333 e. The van der Waals surface area contributed by atoms with E-state index in [0.717, 1.165) is 61.5 Å². The average Bonchev–Trinajstić information content (AvgIpc) is 3.32. The summed E-state index contributed by atoms with van der Waals surface area (Å²) >= 11 is 0. The molecule has 3 aromatic rings. The van der Waals surface area contributed by atoms with Crippen LogP contribution in [0.1, 0.15) is 83.4 Å². The van der Waals surface area contributed by atoms with Gasteiger partial charge in [0.05, 0.1) is 20.8 Å². The van der Waals surface area contributed by atoms with Crippen LogP contribution in [0.2, 0.25) is 0 Å². The molecule has 2 atom stereocenters. The Kier molecular flexibility index (Phi) is 22.0. The molecule has 0 aliphatic rings. The van der Waals surface area contributed by atoms with Gasteiger partial charge >= 0.3 is 35.8 Å². The van der Waals surface area contributed by atoms with E-state index >= 15 is 0 Å². The number of esters is 6. The number of carbonyl (C=O) groups excluding carboxylic acids is 6. The van der Waals surface area contributed by atoms with E-state index in [1.807, 2.05) is 30.3 Å². The zero-order chi connectivity index (χ0) is 47.9. The fourth-order valence-electron chi connectivity index (χ4n) is 6.25. The van der Waals surface area contributed by atoms with Gasteiger partial charge in [-0.25, -0.2) is 9.59 Å². The van der Waals surface area contributed by atoms with E-state index in [0.29, 0.717) is 12.4 Å². The Morgan fingerprint density at radius 1 is 0.569 bits per heavy atom. The molecule has 0 fully saturated rings. The Morgan fingerprint density at radius 3 is 1.63 bits per heavy atom. The summed E-state index contributed by atoms with van der Waals surface area (Å²) in [7, 11) is 2.24. The molecule has 0 N–H and O–H groups in total. The zero-order valence-electron chi connectivity index (χ0n) is 38.8. The highest BCUT2D eigenvalue weighted by atomic mass is 16.6. The standard InChI is InChI=1S/C51H64O14/c1-10-11-12-13-15-38-17-22-42(23-18-38)60-27-14-16-39-19-26-44(41(28-39)29-61-45(52)34(2)3)40-20-24-43(25-21-40)62-30-51(31-63-46(53)35(4)5,32-64-49(56)36(6)47(54)58-8)33-65-50(57)37(7)48(55)59-9/h17-26,28,36-37H,2,4,10-16,27,29-33H2,1,3,5-9H3. The summed E-state index contributed by atoms with van der Waals surface area (Å²) in [5.74, 6) is -6.33. The second kappa shape index (κ2) is 27.0. The highest BCUT2D eigenvalue weighted by molar-refractivity contribution is 5.95. The van der Waals surface area contributed by atoms with Gasteiger partial charge < -0.3 is 37.9 Å². The number of unbranched alkanes of at least 4 members (excludes halogenated alkanes) is 3. The van der Waals surface area contributed by atoms with Crippen molar-refractivity contribution in [2.24, 2.45) is 17.3 Å². The number of rotatable bonds is 28. The van der Waals surface area contributed by atoms with Crippen LogP contribution in [0.5, 0.6) is 11.5 Å². The topological polar surface area (TPSA) is 176 Å². The number of hydrogen-bond acceptors (Lipinski definition) is 14. The number of hydrogen-bond donors (Lipinski definition) is 0. The number of aryl methyl sites for hydroxylation is 2. The first-order valence-corrected chi connectivity index (χ1v) is 21.7. The highest BCUT2D eigenvalue weighted by Crippen LogP contribution is 2.30. The van der Waals surface area contributed by atoms with Gasteiger partial charge in [-0.15, -0.1) is 0 Å². The molecule has 352 valence electrons. The monoisotopic (exact) mass is 900 g/mol. The van der Waals surface area contributed by atoms with Crippen LogP contribution in [0.4, 0.5) is 0 Å². The van der Waals surface area contributed by atoms with E-state index in [4.69, 9.17) is 28.4 Å². The minimum atomic E-state index is -1.56. The maximum atomic E-state index is 12.9. The molecule has 0 spiro atoms. The van der Waals surface area contributed by atoms with Crippen molar-refractivity contribution in [3.63, 3.8) is 0 Å². The predicted octanol–water partition coefficient (Wildman–Crippen LogP) is 8.30. The van der Waals surface area contributed by atoms with Crippen molar-refractivity contribution >= 4 is 35.8 Å². The van der Waals surface area contributed by atoms with Gasteiger partial charge in [0.25, 0.3) is 0 Å². The van der Waals surface area contributed by atoms with Crippen molar-refractivity contribution in [3.05, 3.63) is 108 Å². The Bertz CT molecular complexity index is 2050. The number of methoxy groups -OCH3 is 2. The molecule has 14 heteroatoms. The van der Waals surface area contributed by atoms with Crippen LogP contribution in [0.15, 0.2) is 91.0 Å². The van der Waals surface area contributed by atoms with Crippen molar-refractivity contribution in [2.45, 2.75) is 86.2 Å². The minimum Gasteiger partial charge on any atom is -0.494 e. The SMILES string of the molecule is C=C(C)C(=O)OCc1cc(CCCOc2ccc(CCCCCC)cc2)ccc1-c1ccc(OCC(COC(=O)C(=C)C)(COC(=O)C(C)C(=O)OC)COC(=O)C(C)C(=O)OC)cc1. The van der Waals surface area contributed by atoms with Gasteiger partial charge in [-0.1, -0.05) is 81.8 Å². The van der Waals surface area contributed by atoms with E-state index < -0.39 is 72.9 Å². The third-order valence-electron chi connectivity index (χ3n) is 10.4. The van der Waals surface area contributed by atoms with E-state index in [-0.39, 0.29) is 24.4 Å². The summed E-state index contributed by atoms with van der Waals surface area (Å²) in [6.07, 6.45) is 7.45. The summed E-state index contributed by atoms with van der Waals surface area (Å²) in [6.45, 7) is 13.7. The summed E-state index contributed by atoms with van der Waals surface area (Å²) in [4.78, 5) is 75.0. The molecule has 0 heterocycles. The Hall–Kier alpha value is -6.44. The van der Waals surface area contributed by atoms with Crippen molar-refractivity contribution in [1.29, 1.82) is 0 Å². The molecule has 0 saturated heterocycles. The molecule has 3 aromatic carbocycles. The van der Waals surface area contributed by atoms with E-state index in [1.54, 1.807) is 31.2 Å². The smallest absolute Gasteiger partial charge is 0.333 e. The molecule has 0 aliphatic carbocycles. The van der Waals surface area contributed by atoms with Gasteiger partial charge in [0, 0.05) is 11.1 Å². The fourth-order valence-corrected chi connectivity index (χ4v) is 6.25. The molecule has 14 nitrogen and oxygen atoms in total. The fraction of sp³-hybridized carbons (Fsp3) is 0.451. The van der Waals surface area contributed by atoms with Crippen LogP contribution < -0.4 is 9.47 Å². The molecule has 0 amide bonds. The molecular weight excluding hydrogens is 837 g/mol. The van der Waals surface area contributed by atoms with Gasteiger partial charge in [0.2, 0.25) is 0 Å². The second-order valence-corrected chi connectivity index (χ2v) is 16.1. The molecule has 0 aromatic heterocycles. The average molecular weight is 901 g/mol. The van der Waals surface area contributed by atoms with Gasteiger partial charge in [0.1, 0.15) is 49.9 Å². The van der Waals surface area contributed by atoms with Crippen molar-refractivity contribution in [1.82, 2.24) is 0 Å². The van der Waals surface area contributed by atoms with Gasteiger partial charge in [-0.2, -0.15) is 0 Å². The van der Waals surface area contributed by atoms with Gasteiger partial charge in [-0.05, 0) is 105 Å². The molecule has 0 aliphatic heterocycles. The van der Waals surface area contributed by atoms with Crippen LogP contribution in [-0.2, 0) is 76.6 Å². The molecule has 0 saturated carbocycles. The lowest BCUT2D eigenvalue weighted by Crippen LogP contribution is -2.45. The lowest BCUT2D eigenvalue weighted by molar-refractivity contribution is -0.170. The second-order valence-electron chi connectivity index (χ2n) is 16.1. The van der Waals surface area contributed by atoms with Crippen LogP contribution >= 0.6 is 0 Å². The minimum absolute atomic E-state index is 0.000462. The molecule has 0 radical (unpaired) electrons. The molecular formula is C51H64O14. The van der Waals surface area contributed by atoms with Crippen LogP contribution in [0.3, 0.4) is 0 Å². The van der Waals surface area contributed by atoms with Crippen LogP contribution in [-0.4, -0.2) is 83.1 Å². The van der Waals surface area contributed by atoms with Crippen molar-refractivity contribution < 1.29 is 66.7 Å². The summed E-state index contributed by atoms with van der Waals surface area (Å²) < 4.78 is 43.6.